The van der Waals surface area contributed by atoms with Gasteiger partial charge in [-0.15, -0.1) is 0 Å². The van der Waals surface area contributed by atoms with Gasteiger partial charge in [0.25, 0.3) is 0 Å². The van der Waals surface area contributed by atoms with Crippen molar-refractivity contribution in [3.8, 4) is 0 Å². The highest BCUT2D eigenvalue weighted by atomic mass is 32.2. The summed E-state index contributed by atoms with van der Waals surface area (Å²) < 4.78 is 0. The number of rotatable bonds is 1. The smallest absolute Gasteiger partial charge is 0.340 e. The molecular weight excluding hydrogens is 112 g/mol. The van der Waals surface area contributed by atoms with Crippen LogP contribution < -0.4 is 10.9 Å². The third kappa shape index (κ3) is 3.45. The maximum Gasteiger partial charge on any atom is 0.340 e. The molecular formula is C3H9N2OS+. The second-order valence-electron chi connectivity index (χ2n) is 0.875. The third-order valence-electron chi connectivity index (χ3n) is 0.423. The first-order valence-electron chi connectivity index (χ1n) is 1.76. The molecule has 0 aliphatic rings. The van der Waals surface area contributed by atoms with Crippen molar-refractivity contribution >= 4 is 16.9 Å². The molecule has 7 heavy (non-hydrogen) atoms. The molecule has 0 saturated heterocycles. The number of hydrogen-bond acceptors (Lipinski definition) is 2. The van der Waals surface area contributed by atoms with Gasteiger partial charge >= 0.3 is 5.17 Å². The molecule has 4 heteroatoms. The molecule has 0 aromatic rings. The largest absolute Gasteiger partial charge is 0.346 e. The lowest BCUT2D eigenvalue weighted by molar-refractivity contribution is -0.743. The van der Waals surface area contributed by atoms with Gasteiger partial charge in [-0.25, -0.2) is 0 Å². The van der Waals surface area contributed by atoms with Gasteiger partial charge in [-0.2, -0.15) is 0 Å². The van der Waals surface area contributed by atoms with E-state index in [1.54, 1.807) is 0 Å². The lowest BCUT2D eigenvalue weighted by atomic mass is 11.4. The van der Waals surface area contributed by atoms with Gasteiger partial charge in [-0.05, 0) is 18.0 Å². The summed E-state index contributed by atoms with van der Waals surface area (Å²) >= 11 is 1.41. The standard InChI is InChI=1S/C3H8N2OS/c1-6-5-3(4)7-2/h1-2H3,(H2,4,5)/p+1. The minimum atomic E-state index is 0.572. The Bertz CT molecular complexity index is 73.3. The van der Waals surface area contributed by atoms with E-state index in [1.807, 2.05) is 6.26 Å². The van der Waals surface area contributed by atoms with Crippen LogP contribution >= 0.6 is 11.8 Å². The van der Waals surface area contributed by atoms with Crippen LogP contribution in [0.15, 0.2) is 0 Å². The Labute approximate surface area is 46.9 Å². The van der Waals surface area contributed by atoms with Crippen molar-refractivity contribution in [2.24, 2.45) is 5.73 Å². The molecule has 0 unspecified atom stereocenters. The normalized spacial score (nSPS) is 11.4. The first kappa shape index (κ1) is 6.62. The molecule has 0 heterocycles. The Balaban J connectivity index is 3.29. The number of thioether (sulfide) groups is 1. The van der Waals surface area contributed by atoms with Gasteiger partial charge in [-0.1, -0.05) is 5.16 Å². The van der Waals surface area contributed by atoms with E-state index in [0.717, 1.165) is 0 Å². The van der Waals surface area contributed by atoms with Crippen molar-refractivity contribution in [1.82, 2.24) is 0 Å². The molecule has 0 aromatic carbocycles. The molecule has 0 aliphatic heterocycles. The van der Waals surface area contributed by atoms with Crippen molar-refractivity contribution in [3.63, 3.8) is 0 Å². The molecule has 0 bridgehead atoms. The SMILES string of the molecule is CO[NH+]=C(N)SC. The second kappa shape index (κ2) is 3.80. The average molecular weight is 121 g/mol. The van der Waals surface area contributed by atoms with Gasteiger partial charge in [0.05, 0.1) is 0 Å². The van der Waals surface area contributed by atoms with Crippen LogP contribution in [0.1, 0.15) is 0 Å². The van der Waals surface area contributed by atoms with Crippen molar-refractivity contribution in [3.05, 3.63) is 0 Å². The van der Waals surface area contributed by atoms with E-state index in [0.29, 0.717) is 5.17 Å². The van der Waals surface area contributed by atoms with Gasteiger partial charge in [0.15, 0.2) is 0 Å². The fourth-order valence-corrected chi connectivity index (χ4v) is 0.309. The molecule has 0 saturated carbocycles. The summed E-state index contributed by atoms with van der Waals surface area (Å²) in [6, 6.07) is 0. The maximum absolute atomic E-state index is 5.23. The summed E-state index contributed by atoms with van der Waals surface area (Å²) in [4.78, 5) is 4.46. The van der Waals surface area contributed by atoms with Crippen LogP contribution in [0.5, 0.6) is 0 Å². The van der Waals surface area contributed by atoms with Crippen LogP contribution in [0.25, 0.3) is 0 Å². The monoisotopic (exact) mass is 121 g/mol. The minimum Gasteiger partial charge on any atom is -0.346 e. The fraction of sp³-hybridized carbons (Fsp3) is 0.667. The van der Waals surface area contributed by atoms with Gasteiger partial charge in [0, 0.05) is 0 Å². The topological polar surface area (TPSA) is 49.2 Å². The van der Waals surface area contributed by atoms with Crippen LogP contribution in [-0.4, -0.2) is 18.5 Å². The van der Waals surface area contributed by atoms with Crippen molar-refractivity contribution in [1.29, 1.82) is 0 Å². The van der Waals surface area contributed by atoms with Crippen LogP contribution in [-0.2, 0) is 4.84 Å². The second-order valence-corrected chi connectivity index (χ2v) is 1.72. The molecule has 0 aliphatic carbocycles. The zero-order valence-electron chi connectivity index (χ0n) is 4.39. The predicted molar refractivity (Wildman–Crippen MR) is 30.7 cm³/mol. The highest BCUT2D eigenvalue weighted by molar-refractivity contribution is 8.12. The van der Waals surface area contributed by atoms with E-state index in [9.17, 15) is 0 Å². The average Bonchev–Trinajstić information content (AvgIpc) is 1.68. The first-order chi connectivity index (χ1) is 3.31. The Kier molecular flexibility index (Phi) is 3.59. The fourth-order valence-electron chi connectivity index (χ4n) is 0.142. The maximum atomic E-state index is 5.23. The Morgan fingerprint density at radius 2 is 2.43 bits per heavy atom. The summed E-state index contributed by atoms with van der Waals surface area (Å²) in [5.41, 5.74) is 5.23. The quantitative estimate of drug-likeness (QED) is 0.247. The highest BCUT2D eigenvalue weighted by Gasteiger charge is 1.89. The van der Waals surface area contributed by atoms with Gasteiger partial charge in [0.2, 0.25) is 0 Å². The molecule has 3 N–H and O–H groups in total. The predicted octanol–water partition coefficient (Wildman–Crippen LogP) is -1.69. The molecule has 0 radical (unpaired) electrons. The summed E-state index contributed by atoms with van der Waals surface area (Å²) in [6.45, 7) is 0. The molecule has 0 atom stereocenters. The minimum absolute atomic E-state index is 0.572. The van der Waals surface area contributed by atoms with E-state index in [1.165, 1.54) is 18.9 Å². The zero-order chi connectivity index (χ0) is 5.70. The molecule has 42 valence electrons. The van der Waals surface area contributed by atoms with E-state index in [4.69, 9.17) is 5.73 Å². The van der Waals surface area contributed by atoms with E-state index >= 15 is 0 Å². The Morgan fingerprint density at radius 1 is 1.86 bits per heavy atom. The lowest BCUT2D eigenvalue weighted by Crippen LogP contribution is -2.72. The summed E-state index contributed by atoms with van der Waals surface area (Å²) in [7, 11) is 1.52. The van der Waals surface area contributed by atoms with Crippen LogP contribution in [0.4, 0.5) is 0 Å². The number of amidine groups is 1. The molecule has 0 amide bonds. The molecule has 0 aromatic heterocycles. The van der Waals surface area contributed by atoms with Gasteiger partial charge < -0.3 is 4.84 Å². The van der Waals surface area contributed by atoms with Gasteiger partial charge in [-0.3, -0.25) is 5.73 Å². The van der Waals surface area contributed by atoms with Crippen molar-refractivity contribution < 1.29 is 9.99 Å². The molecule has 3 nitrogen and oxygen atoms in total. The van der Waals surface area contributed by atoms with E-state index in [2.05, 4.69) is 9.99 Å². The summed E-state index contributed by atoms with van der Waals surface area (Å²) in [6.07, 6.45) is 1.86. The zero-order valence-corrected chi connectivity index (χ0v) is 5.21. The van der Waals surface area contributed by atoms with Crippen LogP contribution in [0.3, 0.4) is 0 Å². The molecule has 0 spiro atoms. The first-order valence-corrected chi connectivity index (χ1v) is 2.99. The van der Waals surface area contributed by atoms with Crippen molar-refractivity contribution in [2.75, 3.05) is 13.4 Å². The van der Waals surface area contributed by atoms with E-state index in [-0.39, 0.29) is 0 Å². The highest BCUT2D eigenvalue weighted by Crippen LogP contribution is 1.80. The lowest BCUT2D eigenvalue weighted by Gasteiger charge is -1.82. The van der Waals surface area contributed by atoms with Crippen LogP contribution in [0, 0.1) is 0 Å². The molecule has 0 rings (SSSR count). The molecule has 0 fully saturated rings. The number of nitrogens with two attached hydrogens (primary N) is 1. The summed E-state index contributed by atoms with van der Waals surface area (Å²) in [5.74, 6) is 0. The van der Waals surface area contributed by atoms with Crippen LogP contribution in [0.2, 0.25) is 0 Å². The van der Waals surface area contributed by atoms with Crippen molar-refractivity contribution in [2.45, 2.75) is 0 Å². The number of nitrogens with one attached hydrogen (secondary N) is 1. The van der Waals surface area contributed by atoms with E-state index < -0.39 is 0 Å². The summed E-state index contributed by atoms with van der Waals surface area (Å²) in [5, 5.41) is 3.02. The Hall–Kier alpha value is -0.380. The Morgan fingerprint density at radius 3 is 2.57 bits per heavy atom. The van der Waals surface area contributed by atoms with Gasteiger partial charge in [0.1, 0.15) is 7.11 Å². The number of hydrogen-bond donors (Lipinski definition) is 2. The third-order valence-corrected chi connectivity index (χ3v) is 0.946.